The molecule has 0 aromatic carbocycles. The summed E-state index contributed by atoms with van der Waals surface area (Å²) in [6, 6.07) is 0. The molecule has 2 heterocycles. The Morgan fingerprint density at radius 2 is 2.21 bits per heavy atom. The van der Waals surface area contributed by atoms with Crippen molar-refractivity contribution in [1.82, 2.24) is 14.7 Å². The van der Waals surface area contributed by atoms with Gasteiger partial charge in [-0.25, -0.2) is 0 Å². The first-order chi connectivity index (χ1) is 8.99. The van der Waals surface area contributed by atoms with Gasteiger partial charge in [0.15, 0.2) is 0 Å². The smallest absolute Gasteiger partial charge is 0.222 e. The third kappa shape index (κ3) is 3.15. The summed E-state index contributed by atoms with van der Waals surface area (Å²) in [7, 11) is 1.93. The SMILES string of the molecule is Cc1nn(C)c(C)c1CCC(=O)N1CCC[C@H](O)C1. The summed E-state index contributed by atoms with van der Waals surface area (Å²) in [5.74, 6) is 0.140. The first-order valence-corrected chi connectivity index (χ1v) is 6.94. The number of hydrogen-bond donors (Lipinski definition) is 1. The van der Waals surface area contributed by atoms with Crippen LogP contribution in [-0.2, 0) is 18.3 Å². The van der Waals surface area contributed by atoms with Crippen molar-refractivity contribution in [2.24, 2.45) is 7.05 Å². The van der Waals surface area contributed by atoms with Crippen LogP contribution in [0.1, 0.15) is 36.2 Å². The van der Waals surface area contributed by atoms with Crippen LogP contribution in [0.15, 0.2) is 0 Å². The Bertz CT molecular complexity index is 468. The number of rotatable bonds is 3. The summed E-state index contributed by atoms with van der Waals surface area (Å²) in [4.78, 5) is 13.9. The Morgan fingerprint density at radius 3 is 2.79 bits per heavy atom. The zero-order valence-electron chi connectivity index (χ0n) is 12.0. The molecule has 1 aliphatic heterocycles. The summed E-state index contributed by atoms with van der Waals surface area (Å²) in [6.45, 7) is 5.28. The van der Waals surface area contributed by atoms with Gasteiger partial charge in [0.1, 0.15) is 0 Å². The van der Waals surface area contributed by atoms with E-state index >= 15 is 0 Å². The molecule has 0 radical (unpaired) electrons. The highest BCUT2D eigenvalue weighted by Crippen LogP contribution is 2.16. The van der Waals surface area contributed by atoms with E-state index in [0.717, 1.165) is 37.2 Å². The zero-order chi connectivity index (χ0) is 14.0. The first-order valence-electron chi connectivity index (χ1n) is 6.94. The molecule has 0 aliphatic carbocycles. The van der Waals surface area contributed by atoms with Crippen molar-refractivity contribution in [3.05, 3.63) is 17.0 Å². The molecular formula is C14H23N3O2. The number of likely N-dealkylation sites (tertiary alicyclic amines) is 1. The molecule has 5 heteroatoms. The van der Waals surface area contributed by atoms with Crippen LogP contribution in [0.25, 0.3) is 0 Å². The van der Waals surface area contributed by atoms with Gasteiger partial charge in [0.25, 0.3) is 0 Å². The fraction of sp³-hybridized carbons (Fsp3) is 0.714. The number of carbonyl (C=O) groups excluding carboxylic acids is 1. The number of aromatic nitrogens is 2. The highest BCUT2D eigenvalue weighted by molar-refractivity contribution is 5.76. The van der Waals surface area contributed by atoms with E-state index < -0.39 is 0 Å². The van der Waals surface area contributed by atoms with Crippen LogP contribution in [0.4, 0.5) is 0 Å². The third-order valence-electron chi connectivity index (χ3n) is 4.00. The number of piperidine rings is 1. The summed E-state index contributed by atoms with van der Waals surface area (Å²) < 4.78 is 1.86. The summed E-state index contributed by atoms with van der Waals surface area (Å²) in [6.07, 6.45) is 2.60. The molecular weight excluding hydrogens is 242 g/mol. The van der Waals surface area contributed by atoms with Crippen LogP contribution in [0.3, 0.4) is 0 Å². The number of aliphatic hydroxyl groups excluding tert-OH is 1. The molecule has 19 heavy (non-hydrogen) atoms. The van der Waals surface area contributed by atoms with Crippen LogP contribution < -0.4 is 0 Å². The number of hydrogen-bond acceptors (Lipinski definition) is 3. The Labute approximate surface area is 114 Å². The molecule has 1 saturated heterocycles. The molecule has 1 fully saturated rings. The van der Waals surface area contributed by atoms with Crippen LogP contribution in [0, 0.1) is 13.8 Å². The molecule has 0 unspecified atom stereocenters. The number of β-amino-alcohol motifs (C(OH)–C–C–N with tert-alkyl or cyclic N) is 1. The minimum Gasteiger partial charge on any atom is -0.391 e. The van der Waals surface area contributed by atoms with E-state index in [-0.39, 0.29) is 12.0 Å². The minimum atomic E-state index is -0.348. The van der Waals surface area contributed by atoms with E-state index in [1.807, 2.05) is 25.6 Å². The monoisotopic (exact) mass is 265 g/mol. The predicted octanol–water partition coefficient (Wildman–Crippen LogP) is 0.953. The van der Waals surface area contributed by atoms with Crippen molar-refractivity contribution in [2.75, 3.05) is 13.1 Å². The van der Waals surface area contributed by atoms with Gasteiger partial charge in [-0.3, -0.25) is 9.48 Å². The average Bonchev–Trinajstić information content (AvgIpc) is 2.61. The third-order valence-corrected chi connectivity index (χ3v) is 4.00. The van der Waals surface area contributed by atoms with E-state index in [1.54, 1.807) is 4.90 Å². The lowest BCUT2D eigenvalue weighted by Gasteiger charge is -2.30. The highest BCUT2D eigenvalue weighted by atomic mass is 16.3. The van der Waals surface area contributed by atoms with Gasteiger partial charge in [-0.1, -0.05) is 0 Å². The van der Waals surface area contributed by atoms with Crippen LogP contribution in [0.5, 0.6) is 0 Å². The normalized spacial score (nSPS) is 19.8. The number of nitrogens with zero attached hydrogens (tertiary/aromatic N) is 3. The molecule has 106 valence electrons. The minimum absolute atomic E-state index is 0.140. The van der Waals surface area contributed by atoms with Gasteiger partial charge < -0.3 is 10.0 Å². The van der Waals surface area contributed by atoms with Crippen molar-refractivity contribution in [3.8, 4) is 0 Å². The second kappa shape index (κ2) is 5.74. The highest BCUT2D eigenvalue weighted by Gasteiger charge is 2.22. The van der Waals surface area contributed by atoms with Crippen LogP contribution >= 0.6 is 0 Å². The molecule has 1 aromatic rings. The van der Waals surface area contributed by atoms with Gasteiger partial charge in [0.2, 0.25) is 5.91 Å². The molecule has 1 atom stereocenters. The molecule has 0 spiro atoms. The lowest BCUT2D eigenvalue weighted by atomic mass is 10.0. The van der Waals surface area contributed by atoms with E-state index in [9.17, 15) is 9.90 Å². The Kier molecular flexibility index (Phi) is 4.24. The quantitative estimate of drug-likeness (QED) is 0.885. The largest absolute Gasteiger partial charge is 0.391 e. The van der Waals surface area contributed by atoms with Crippen molar-refractivity contribution >= 4 is 5.91 Å². The maximum atomic E-state index is 12.1. The summed E-state index contributed by atoms with van der Waals surface area (Å²) >= 11 is 0. The average molecular weight is 265 g/mol. The van der Waals surface area contributed by atoms with E-state index in [4.69, 9.17) is 0 Å². The molecule has 5 nitrogen and oxygen atoms in total. The van der Waals surface area contributed by atoms with Gasteiger partial charge >= 0.3 is 0 Å². The van der Waals surface area contributed by atoms with Crippen molar-refractivity contribution in [2.45, 2.75) is 45.6 Å². The maximum Gasteiger partial charge on any atom is 0.222 e. The molecule has 2 rings (SSSR count). The fourth-order valence-electron chi connectivity index (χ4n) is 2.75. The molecule has 0 saturated carbocycles. The molecule has 1 amide bonds. The van der Waals surface area contributed by atoms with E-state index in [0.29, 0.717) is 13.0 Å². The van der Waals surface area contributed by atoms with E-state index in [1.165, 1.54) is 5.56 Å². The lowest BCUT2D eigenvalue weighted by Crippen LogP contribution is -2.42. The number of carbonyl (C=O) groups is 1. The second-order valence-corrected chi connectivity index (χ2v) is 5.41. The summed E-state index contributed by atoms with van der Waals surface area (Å²) in [5, 5.41) is 14.0. The second-order valence-electron chi connectivity index (χ2n) is 5.41. The standard InChI is InChI=1S/C14H23N3O2/c1-10-13(11(2)16(3)15-10)6-7-14(19)17-8-4-5-12(18)9-17/h12,18H,4-9H2,1-3H3/t12-/m0/s1. The topological polar surface area (TPSA) is 58.4 Å². The number of aliphatic hydroxyl groups is 1. The Balaban J connectivity index is 1.93. The molecule has 0 bridgehead atoms. The molecule has 1 aliphatic rings. The van der Waals surface area contributed by atoms with E-state index in [2.05, 4.69) is 5.10 Å². The zero-order valence-corrected chi connectivity index (χ0v) is 12.0. The van der Waals surface area contributed by atoms with Gasteiger partial charge in [-0.2, -0.15) is 5.10 Å². The Hall–Kier alpha value is -1.36. The van der Waals surface area contributed by atoms with Gasteiger partial charge in [-0.05, 0) is 38.7 Å². The summed E-state index contributed by atoms with van der Waals surface area (Å²) in [5.41, 5.74) is 3.31. The van der Waals surface area contributed by atoms with Gasteiger partial charge in [0, 0.05) is 32.3 Å². The molecule has 1 aromatic heterocycles. The fourth-order valence-corrected chi connectivity index (χ4v) is 2.75. The lowest BCUT2D eigenvalue weighted by molar-refractivity contribution is -0.134. The number of aryl methyl sites for hydroxylation is 2. The maximum absolute atomic E-state index is 12.1. The van der Waals surface area contributed by atoms with Crippen LogP contribution in [-0.4, -0.2) is 44.9 Å². The first kappa shape index (κ1) is 14.1. The molecule has 1 N–H and O–H groups in total. The van der Waals surface area contributed by atoms with Crippen molar-refractivity contribution < 1.29 is 9.90 Å². The Morgan fingerprint density at radius 1 is 1.47 bits per heavy atom. The van der Waals surface area contributed by atoms with Gasteiger partial charge in [-0.15, -0.1) is 0 Å². The van der Waals surface area contributed by atoms with Crippen LogP contribution in [0.2, 0.25) is 0 Å². The van der Waals surface area contributed by atoms with Crippen molar-refractivity contribution in [1.29, 1.82) is 0 Å². The predicted molar refractivity (Wildman–Crippen MR) is 72.8 cm³/mol. The number of amides is 1. The van der Waals surface area contributed by atoms with Gasteiger partial charge in [0.05, 0.1) is 11.8 Å². The van der Waals surface area contributed by atoms with Crippen molar-refractivity contribution in [3.63, 3.8) is 0 Å².